The van der Waals surface area contributed by atoms with Gasteiger partial charge in [0.1, 0.15) is 5.75 Å². The van der Waals surface area contributed by atoms with Crippen molar-refractivity contribution in [2.45, 2.75) is 71.1 Å². The first kappa shape index (κ1) is 19.5. The summed E-state index contributed by atoms with van der Waals surface area (Å²) in [5.41, 5.74) is 0.589. The van der Waals surface area contributed by atoms with E-state index in [-0.39, 0.29) is 0 Å². The van der Waals surface area contributed by atoms with Crippen LogP contribution >= 0.6 is 0 Å². The Hall–Kier alpha value is -1.83. The van der Waals surface area contributed by atoms with Crippen molar-refractivity contribution in [1.29, 1.82) is 0 Å². The maximum Gasteiger partial charge on any atom is 0.233 e. The Morgan fingerprint density at radius 2 is 1.36 bits per heavy atom. The van der Waals surface area contributed by atoms with Gasteiger partial charge in [0.15, 0.2) is 0 Å². The lowest BCUT2D eigenvalue weighted by molar-refractivity contribution is 0.304. The normalized spacial score (nSPS) is 10.9. The molecule has 0 heterocycles. The quantitative estimate of drug-likeness (QED) is 0.384. The van der Waals surface area contributed by atoms with Crippen LogP contribution in [-0.2, 0) is 4.79 Å². The standard InChI is InChI=1S/C23H31O2/c1-2-3-4-5-6-7-8-9-10-11-16-25-23-15-14-21-17-20(19-24)12-13-22(21)18-23/h12-15,17-18H,2-11,16H2,1H3. The third kappa shape index (κ3) is 7.29. The fraction of sp³-hybridized carbons (Fsp3) is 0.522. The molecule has 0 amide bonds. The molecule has 25 heavy (non-hydrogen) atoms. The van der Waals surface area contributed by atoms with Crippen LogP contribution in [0.5, 0.6) is 5.75 Å². The van der Waals surface area contributed by atoms with Crippen LogP contribution in [0.15, 0.2) is 36.4 Å². The van der Waals surface area contributed by atoms with Crippen molar-refractivity contribution in [2.75, 3.05) is 6.61 Å². The molecular formula is C23H31O2. The van der Waals surface area contributed by atoms with E-state index in [1.54, 1.807) is 6.07 Å². The summed E-state index contributed by atoms with van der Waals surface area (Å²) in [6, 6.07) is 11.6. The molecule has 135 valence electrons. The minimum atomic E-state index is 0.589. The Labute approximate surface area is 152 Å². The number of fused-ring (bicyclic) bond motifs is 1. The fourth-order valence-electron chi connectivity index (χ4n) is 3.16. The van der Waals surface area contributed by atoms with Gasteiger partial charge < -0.3 is 4.74 Å². The first-order valence-corrected chi connectivity index (χ1v) is 9.88. The van der Waals surface area contributed by atoms with Crippen molar-refractivity contribution < 1.29 is 9.53 Å². The van der Waals surface area contributed by atoms with Crippen molar-refractivity contribution in [1.82, 2.24) is 0 Å². The first-order chi connectivity index (χ1) is 12.3. The summed E-state index contributed by atoms with van der Waals surface area (Å²) in [7, 11) is 0. The molecular weight excluding hydrogens is 308 g/mol. The molecule has 0 aliphatic rings. The molecule has 2 rings (SSSR count). The summed E-state index contributed by atoms with van der Waals surface area (Å²) < 4.78 is 5.87. The highest BCUT2D eigenvalue weighted by Crippen LogP contribution is 2.22. The Balaban J connectivity index is 1.57. The van der Waals surface area contributed by atoms with Gasteiger partial charge in [0, 0.05) is 5.56 Å². The van der Waals surface area contributed by atoms with Gasteiger partial charge >= 0.3 is 0 Å². The first-order valence-electron chi connectivity index (χ1n) is 9.88. The van der Waals surface area contributed by atoms with Crippen LogP contribution in [0.25, 0.3) is 10.8 Å². The van der Waals surface area contributed by atoms with Crippen LogP contribution in [0.2, 0.25) is 0 Å². The molecule has 0 atom stereocenters. The predicted octanol–water partition coefficient (Wildman–Crippen LogP) is 6.60. The highest BCUT2D eigenvalue weighted by Gasteiger charge is 2.00. The van der Waals surface area contributed by atoms with Gasteiger partial charge in [-0.15, -0.1) is 0 Å². The van der Waals surface area contributed by atoms with E-state index in [1.165, 1.54) is 57.8 Å². The van der Waals surface area contributed by atoms with Gasteiger partial charge in [0.05, 0.1) is 6.61 Å². The van der Waals surface area contributed by atoms with Crippen molar-refractivity contribution in [2.24, 2.45) is 0 Å². The average Bonchev–Trinajstić information content (AvgIpc) is 2.65. The highest BCUT2D eigenvalue weighted by molar-refractivity contribution is 5.89. The van der Waals surface area contributed by atoms with Gasteiger partial charge in [-0.2, -0.15) is 0 Å². The van der Waals surface area contributed by atoms with Gasteiger partial charge in [-0.25, -0.2) is 0 Å². The second-order valence-corrected chi connectivity index (χ2v) is 6.86. The number of ether oxygens (including phenoxy) is 1. The van der Waals surface area contributed by atoms with E-state index in [2.05, 4.69) is 6.92 Å². The SMILES string of the molecule is CCCCCCCCCCCCOc1ccc2cc([C]=O)ccc2c1. The molecule has 0 aliphatic heterocycles. The van der Waals surface area contributed by atoms with E-state index in [0.29, 0.717) is 5.56 Å². The lowest BCUT2D eigenvalue weighted by Gasteiger charge is -2.08. The number of hydrogen-bond acceptors (Lipinski definition) is 2. The van der Waals surface area contributed by atoms with Crippen LogP contribution < -0.4 is 4.74 Å². The van der Waals surface area contributed by atoms with E-state index in [0.717, 1.165) is 29.5 Å². The molecule has 2 heteroatoms. The number of carbonyl (C=O) groups excluding carboxylic acids is 1. The smallest absolute Gasteiger partial charge is 0.233 e. The van der Waals surface area contributed by atoms with Crippen molar-refractivity contribution in [3.63, 3.8) is 0 Å². The molecule has 0 saturated heterocycles. The maximum absolute atomic E-state index is 10.7. The molecule has 0 N–H and O–H groups in total. The molecule has 0 aromatic heterocycles. The van der Waals surface area contributed by atoms with Gasteiger partial charge in [0.25, 0.3) is 0 Å². The second kappa shape index (κ2) is 11.7. The number of unbranched alkanes of at least 4 members (excludes halogenated alkanes) is 9. The predicted molar refractivity (Wildman–Crippen MR) is 106 cm³/mol. The molecule has 0 fully saturated rings. The third-order valence-corrected chi connectivity index (χ3v) is 4.70. The van der Waals surface area contributed by atoms with Crippen molar-refractivity contribution in [3.8, 4) is 5.75 Å². The van der Waals surface area contributed by atoms with Gasteiger partial charge in [0.2, 0.25) is 6.29 Å². The molecule has 0 unspecified atom stereocenters. The summed E-state index contributed by atoms with van der Waals surface area (Å²) in [4.78, 5) is 10.7. The minimum absolute atomic E-state index is 0.589. The van der Waals surface area contributed by atoms with E-state index in [1.807, 2.05) is 36.6 Å². The zero-order valence-electron chi connectivity index (χ0n) is 15.6. The second-order valence-electron chi connectivity index (χ2n) is 6.86. The van der Waals surface area contributed by atoms with Crippen LogP contribution in [0.4, 0.5) is 0 Å². The molecule has 2 aromatic rings. The lowest BCUT2D eigenvalue weighted by Crippen LogP contribution is -1.97. The monoisotopic (exact) mass is 339 g/mol. The van der Waals surface area contributed by atoms with Gasteiger partial charge in [-0.05, 0) is 35.4 Å². The van der Waals surface area contributed by atoms with Gasteiger partial charge in [-0.3, -0.25) is 4.79 Å². The number of benzene rings is 2. The highest BCUT2D eigenvalue weighted by atomic mass is 16.5. The molecule has 0 bridgehead atoms. The van der Waals surface area contributed by atoms with Crippen LogP contribution in [0.3, 0.4) is 0 Å². The van der Waals surface area contributed by atoms with Crippen LogP contribution in [0.1, 0.15) is 76.7 Å². The zero-order valence-corrected chi connectivity index (χ0v) is 15.6. The molecule has 2 nitrogen and oxygen atoms in total. The largest absolute Gasteiger partial charge is 0.494 e. The Morgan fingerprint density at radius 3 is 2.04 bits per heavy atom. The van der Waals surface area contributed by atoms with Crippen molar-refractivity contribution >= 4 is 17.1 Å². The molecule has 0 saturated carbocycles. The lowest BCUT2D eigenvalue weighted by atomic mass is 10.1. The molecule has 0 spiro atoms. The van der Waals surface area contributed by atoms with Crippen molar-refractivity contribution in [3.05, 3.63) is 42.0 Å². The zero-order chi connectivity index (χ0) is 17.7. The van der Waals surface area contributed by atoms with E-state index in [9.17, 15) is 4.79 Å². The summed E-state index contributed by atoms with van der Waals surface area (Å²) in [6.45, 7) is 3.05. The maximum atomic E-state index is 10.7. The van der Waals surface area contributed by atoms with Crippen LogP contribution in [-0.4, -0.2) is 12.9 Å². The Kier molecular flexibility index (Phi) is 9.11. The number of rotatable bonds is 13. The van der Waals surface area contributed by atoms with E-state index in [4.69, 9.17) is 4.74 Å². The number of hydrogen-bond donors (Lipinski definition) is 0. The van der Waals surface area contributed by atoms with Crippen LogP contribution in [0, 0.1) is 0 Å². The summed E-state index contributed by atoms with van der Waals surface area (Å²) in [6.07, 6.45) is 15.3. The minimum Gasteiger partial charge on any atom is -0.494 e. The summed E-state index contributed by atoms with van der Waals surface area (Å²) in [5, 5.41) is 2.15. The average molecular weight is 339 g/mol. The Morgan fingerprint density at radius 1 is 0.760 bits per heavy atom. The van der Waals surface area contributed by atoms with Gasteiger partial charge in [-0.1, -0.05) is 82.9 Å². The fourth-order valence-corrected chi connectivity index (χ4v) is 3.16. The topological polar surface area (TPSA) is 26.3 Å². The van der Waals surface area contributed by atoms with E-state index < -0.39 is 0 Å². The molecule has 1 radical (unpaired) electrons. The summed E-state index contributed by atoms with van der Waals surface area (Å²) in [5.74, 6) is 0.909. The summed E-state index contributed by atoms with van der Waals surface area (Å²) >= 11 is 0. The van der Waals surface area contributed by atoms with E-state index >= 15 is 0 Å². The molecule has 0 aliphatic carbocycles. The molecule has 2 aromatic carbocycles. The third-order valence-electron chi connectivity index (χ3n) is 4.70. The Bertz CT molecular complexity index is 633.